The summed E-state index contributed by atoms with van der Waals surface area (Å²) in [7, 11) is 1.73. The van der Waals surface area contributed by atoms with Crippen molar-refractivity contribution in [3.8, 4) is 0 Å². The second-order valence-corrected chi connectivity index (χ2v) is 4.92. The number of methoxy groups -OCH3 is 1. The standard InChI is InChI=1S/C12H18ClNOS/c1-3-14-10(8-15-2)9-16-12-7-5-4-6-11(12)13/h4-7,10,14H,3,8-9H2,1-2H3. The van der Waals surface area contributed by atoms with Crippen molar-refractivity contribution in [3.63, 3.8) is 0 Å². The summed E-state index contributed by atoms with van der Waals surface area (Å²) < 4.78 is 5.17. The summed E-state index contributed by atoms with van der Waals surface area (Å²) in [5.74, 6) is 0.964. The number of ether oxygens (including phenoxy) is 1. The Morgan fingerprint density at radius 3 is 2.81 bits per heavy atom. The lowest BCUT2D eigenvalue weighted by molar-refractivity contribution is 0.174. The molecule has 0 heterocycles. The number of rotatable bonds is 7. The van der Waals surface area contributed by atoms with E-state index in [2.05, 4.69) is 12.2 Å². The Morgan fingerprint density at radius 2 is 2.19 bits per heavy atom. The predicted octanol–water partition coefficient (Wildman–Crippen LogP) is 3.06. The van der Waals surface area contributed by atoms with Gasteiger partial charge in [-0.2, -0.15) is 0 Å². The molecular formula is C12H18ClNOS. The molecule has 2 nitrogen and oxygen atoms in total. The highest BCUT2D eigenvalue weighted by Crippen LogP contribution is 2.26. The van der Waals surface area contributed by atoms with E-state index >= 15 is 0 Å². The lowest BCUT2D eigenvalue weighted by Gasteiger charge is -2.16. The molecule has 1 rings (SSSR count). The highest BCUT2D eigenvalue weighted by Gasteiger charge is 2.08. The number of benzene rings is 1. The monoisotopic (exact) mass is 259 g/mol. The molecule has 0 saturated carbocycles. The first-order valence-electron chi connectivity index (χ1n) is 5.37. The number of hydrogen-bond donors (Lipinski definition) is 1. The lowest BCUT2D eigenvalue weighted by Crippen LogP contribution is -2.35. The summed E-state index contributed by atoms with van der Waals surface area (Å²) in [6.07, 6.45) is 0. The van der Waals surface area contributed by atoms with E-state index in [1.165, 1.54) is 0 Å². The molecular weight excluding hydrogens is 242 g/mol. The molecule has 0 aromatic heterocycles. The van der Waals surface area contributed by atoms with Crippen molar-refractivity contribution in [2.45, 2.75) is 17.9 Å². The van der Waals surface area contributed by atoms with Crippen LogP contribution in [0.5, 0.6) is 0 Å². The van der Waals surface area contributed by atoms with Crippen molar-refractivity contribution in [3.05, 3.63) is 29.3 Å². The van der Waals surface area contributed by atoms with E-state index < -0.39 is 0 Å². The Hall–Kier alpha value is -0.220. The smallest absolute Gasteiger partial charge is 0.0624 e. The predicted molar refractivity (Wildman–Crippen MR) is 71.5 cm³/mol. The van der Waals surface area contributed by atoms with Crippen LogP contribution in [0, 0.1) is 0 Å². The van der Waals surface area contributed by atoms with E-state index in [9.17, 15) is 0 Å². The van der Waals surface area contributed by atoms with Gasteiger partial charge in [-0.3, -0.25) is 0 Å². The quantitative estimate of drug-likeness (QED) is 0.761. The number of thioether (sulfide) groups is 1. The van der Waals surface area contributed by atoms with Crippen molar-refractivity contribution < 1.29 is 4.74 Å². The zero-order chi connectivity index (χ0) is 11.8. The molecule has 90 valence electrons. The Morgan fingerprint density at radius 1 is 1.44 bits per heavy atom. The van der Waals surface area contributed by atoms with Gasteiger partial charge < -0.3 is 10.1 Å². The minimum atomic E-state index is 0.372. The summed E-state index contributed by atoms with van der Waals surface area (Å²) >= 11 is 7.85. The van der Waals surface area contributed by atoms with Gasteiger partial charge in [0.1, 0.15) is 0 Å². The summed E-state index contributed by atoms with van der Waals surface area (Å²) in [5.41, 5.74) is 0. The maximum atomic E-state index is 6.09. The maximum absolute atomic E-state index is 6.09. The van der Waals surface area contributed by atoms with E-state index in [1.54, 1.807) is 18.9 Å². The van der Waals surface area contributed by atoms with Gasteiger partial charge in [0.15, 0.2) is 0 Å². The van der Waals surface area contributed by atoms with Crippen LogP contribution in [0.4, 0.5) is 0 Å². The molecule has 1 aromatic rings. The highest BCUT2D eigenvalue weighted by atomic mass is 35.5. The number of likely N-dealkylation sites (N-methyl/N-ethyl adjacent to an activating group) is 1. The molecule has 0 fully saturated rings. The van der Waals surface area contributed by atoms with Crippen molar-refractivity contribution >= 4 is 23.4 Å². The van der Waals surface area contributed by atoms with Crippen LogP contribution < -0.4 is 5.32 Å². The first-order valence-corrected chi connectivity index (χ1v) is 6.74. The molecule has 0 aliphatic rings. The highest BCUT2D eigenvalue weighted by molar-refractivity contribution is 7.99. The Bertz CT molecular complexity index is 303. The first-order chi connectivity index (χ1) is 7.77. The molecule has 16 heavy (non-hydrogen) atoms. The second-order valence-electron chi connectivity index (χ2n) is 3.45. The van der Waals surface area contributed by atoms with Crippen LogP contribution in [0.25, 0.3) is 0 Å². The van der Waals surface area contributed by atoms with Gasteiger partial charge in [-0.25, -0.2) is 0 Å². The third-order valence-electron chi connectivity index (χ3n) is 2.14. The average Bonchev–Trinajstić information content (AvgIpc) is 2.28. The van der Waals surface area contributed by atoms with Crippen molar-refractivity contribution in [1.82, 2.24) is 5.32 Å². The van der Waals surface area contributed by atoms with Gasteiger partial charge >= 0.3 is 0 Å². The zero-order valence-corrected chi connectivity index (χ0v) is 11.3. The molecule has 0 spiro atoms. The van der Waals surface area contributed by atoms with Gasteiger partial charge in [0.2, 0.25) is 0 Å². The van der Waals surface area contributed by atoms with Gasteiger partial charge in [-0.05, 0) is 18.7 Å². The Kier molecular flexibility index (Phi) is 6.88. The molecule has 0 bridgehead atoms. The molecule has 0 radical (unpaired) electrons. The van der Waals surface area contributed by atoms with E-state index in [1.807, 2.05) is 24.3 Å². The lowest BCUT2D eigenvalue weighted by atomic mass is 10.3. The van der Waals surface area contributed by atoms with Crippen LogP contribution in [0.2, 0.25) is 5.02 Å². The minimum Gasteiger partial charge on any atom is -0.383 e. The fourth-order valence-electron chi connectivity index (χ4n) is 1.41. The Balaban J connectivity index is 2.45. The molecule has 0 aliphatic carbocycles. The molecule has 0 aliphatic heterocycles. The molecule has 0 amide bonds. The SMILES string of the molecule is CCNC(COC)CSc1ccccc1Cl. The number of nitrogens with one attached hydrogen (secondary N) is 1. The number of halogens is 1. The number of hydrogen-bond acceptors (Lipinski definition) is 3. The van der Waals surface area contributed by atoms with Crippen LogP contribution in [-0.4, -0.2) is 32.1 Å². The summed E-state index contributed by atoms with van der Waals surface area (Å²) in [6, 6.07) is 8.29. The largest absolute Gasteiger partial charge is 0.383 e. The van der Waals surface area contributed by atoms with Gasteiger partial charge in [-0.1, -0.05) is 30.7 Å². The van der Waals surface area contributed by atoms with Gasteiger partial charge in [0, 0.05) is 23.8 Å². The average molecular weight is 260 g/mol. The fraction of sp³-hybridized carbons (Fsp3) is 0.500. The Labute approximate surface area is 107 Å². The van der Waals surface area contributed by atoms with Crippen LogP contribution in [0.15, 0.2) is 29.2 Å². The first kappa shape index (κ1) is 13.8. The van der Waals surface area contributed by atoms with Crippen molar-refractivity contribution in [2.75, 3.05) is 26.0 Å². The summed E-state index contributed by atoms with van der Waals surface area (Å²) in [5, 5.41) is 4.20. The zero-order valence-electron chi connectivity index (χ0n) is 9.70. The van der Waals surface area contributed by atoms with Crippen LogP contribution >= 0.6 is 23.4 Å². The molecule has 4 heteroatoms. The van der Waals surface area contributed by atoms with Crippen LogP contribution in [0.1, 0.15) is 6.92 Å². The van der Waals surface area contributed by atoms with Crippen molar-refractivity contribution in [1.29, 1.82) is 0 Å². The van der Waals surface area contributed by atoms with Gasteiger partial charge in [-0.15, -0.1) is 11.8 Å². The van der Waals surface area contributed by atoms with E-state index in [0.29, 0.717) is 6.04 Å². The normalized spacial score (nSPS) is 12.7. The van der Waals surface area contributed by atoms with Gasteiger partial charge in [0.05, 0.1) is 11.6 Å². The summed E-state index contributed by atoms with van der Waals surface area (Å²) in [6.45, 7) is 3.78. The third-order valence-corrected chi connectivity index (χ3v) is 3.82. The van der Waals surface area contributed by atoms with E-state index in [0.717, 1.165) is 28.8 Å². The van der Waals surface area contributed by atoms with Crippen LogP contribution in [0.3, 0.4) is 0 Å². The van der Waals surface area contributed by atoms with Crippen molar-refractivity contribution in [2.24, 2.45) is 0 Å². The molecule has 0 saturated heterocycles. The molecule has 1 unspecified atom stereocenters. The molecule has 1 aromatic carbocycles. The third kappa shape index (κ3) is 4.74. The fourth-order valence-corrected chi connectivity index (χ4v) is 2.68. The minimum absolute atomic E-state index is 0.372. The van der Waals surface area contributed by atoms with Crippen LogP contribution in [-0.2, 0) is 4.74 Å². The molecule has 1 atom stereocenters. The topological polar surface area (TPSA) is 21.3 Å². The second kappa shape index (κ2) is 7.96. The summed E-state index contributed by atoms with van der Waals surface area (Å²) in [4.78, 5) is 1.13. The van der Waals surface area contributed by atoms with E-state index in [-0.39, 0.29) is 0 Å². The van der Waals surface area contributed by atoms with Gasteiger partial charge in [0.25, 0.3) is 0 Å². The van der Waals surface area contributed by atoms with E-state index in [4.69, 9.17) is 16.3 Å². The maximum Gasteiger partial charge on any atom is 0.0624 e. The molecule has 1 N–H and O–H groups in total.